The van der Waals surface area contributed by atoms with Crippen molar-refractivity contribution in [1.82, 2.24) is 9.88 Å². The predicted molar refractivity (Wildman–Crippen MR) is 141 cm³/mol. The number of carbonyl (C=O) groups is 2. The molecule has 34 heavy (non-hydrogen) atoms. The normalized spacial score (nSPS) is 12.0. The van der Waals surface area contributed by atoms with Gasteiger partial charge in [-0.15, -0.1) is 0 Å². The van der Waals surface area contributed by atoms with Gasteiger partial charge in [0.15, 0.2) is 0 Å². The van der Waals surface area contributed by atoms with E-state index in [-0.39, 0.29) is 11.8 Å². The number of amides is 1. The molecule has 0 radical (unpaired) electrons. The molecule has 1 N–H and O–H groups in total. The number of nitrogens with one attached hydrogen (secondary N) is 1. The van der Waals surface area contributed by atoms with Crippen LogP contribution in [0.2, 0.25) is 0 Å². The molecule has 3 rings (SSSR count). The number of aliphatic imine (C=N–C) groups is 1. The molecule has 174 valence electrons. The second kappa shape index (κ2) is 12.9. The number of allylic oxidation sites excluding steroid dienone is 4. The second-order valence-corrected chi connectivity index (χ2v) is 8.05. The molecular weight excluding hydrogens is 422 g/mol. The molecule has 2 aromatic carbocycles. The van der Waals surface area contributed by atoms with Crippen molar-refractivity contribution in [3.8, 4) is 11.3 Å². The van der Waals surface area contributed by atoms with Crippen LogP contribution in [0.5, 0.6) is 0 Å². The van der Waals surface area contributed by atoms with Crippen LogP contribution in [0, 0.1) is 0 Å². The Morgan fingerprint density at radius 2 is 1.76 bits per heavy atom. The summed E-state index contributed by atoms with van der Waals surface area (Å²) in [5, 5.41) is 3.95. The van der Waals surface area contributed by atoms with E-state index < -0.39 is 0 Å². The van der Waals surface area contributed by atoms with Crippen LogP contribution >= 0.6 is 0 Å². The summed E-state index contributed by atoms with van der Waals surface area (Å²) in [5.41, 5.74) is 3.83. The molecule has 0 fully saturated rings. The Morgan fingerprint density at radius 1 is 1.00 bits per heavy atom. The molecule has 0 aliphatic heterocycles. The van der Waals surface area contributed by atoms with Gasteiger partial charge in [-0.05, 0) is 50.3 Å². The molecule has 0 unspecified atom stereocenters. The van der Waals surface area contributed by atoms with E-state index in [0.717, 1.165) is 47.0 Å². The molecule has 0 atom stereocenters. The fourth-order valence-electron chi connectivity index (χ4n) is 3.72. The van der Waals surface area contributed by atoms with Crippen LogP contribution in [0.3, 0.4) is 0 Å². The van der Waals surface area contributed by atoms with Crippen LogP contribution in [-0.4, -0.2) is 29.6 Å². The monoisotopic (exact) mass is 453 g/mol. The van der Waals surface area contributed by atoms with Crippen molar-refractivity contribution < 1.29 is 9.59 Å². The SMILES string of the molecule is C=N\C=C/C=C(C)/C=C/C(=O)NCCCCCC(=O)n1c(-c2ccccc2)cc2ccccc21. The molecule has 0 spiro atoms. The van der Waals surface area contributed by atoms with E-state index >= 15 is 0 Å². The number of hydrogen-bond acceptors (Lipinski definition) is 3. The highest BCUT2D eigenvalue weighted by atomic mass is 16.2. The first kappa shape index (κ1) is 24.6. The Bertz CT molecular complexity index is 1220. The molecule has 0 aliphatic carbocycles. The maximum absolute atomic E-state index is 13.2. The summed E-state index contributed by atoms with van der Waals surface area (Å²) < 4.78 is 1.84. The molecule has 1 heterocycles. The van der Waals surface area contributed by atoms with Crippen LogP contribution in [0.25, 0.3) is 22.2 Å². The quantitative estimate of drug-likeness (QED) is 0.159. The van der Waals surface area contributed by atoms with E-state index in [1.54, 1.807) is 18.4 Å². The van der Waals surface area contributed by atoms with Gasteiger partial charge < -0.3 is 5.32 Å². The fraction of sp³-hybridized carbons (Fsp3) is 0.207. The summed E-state index contributed by atoms with van der Waals surface area (Å²) in [6, 6.07) is 20.1. The van der Waals surface area contributed by atoms with Gasteiger partial charge in [-0.25, -0.2) is 0 Å². The molecule has 1 amide bonds. The van der Waals surface area contributed by atoms with E-state index in [2.05, 4.69) is 23.1 Å². The Balaban J connectivity index is 1.49. The van der Waals surface area contributed by atoms with E-state index in [1.165, 1.54) is 6.08 Å². The molecule has 1 aromatic heterocycles. The maximum atomic E-state index is 13.2. The van der Waals surface area contributed by atoms with Gasteiger partial charge in [-0.2, -0.15) is 0 Å². The zero-order valence-electron chi connectivity index (χ0n) is 19.6. The number of aromatic nitrogens is 1. The third kappa shape index (κ3) is 7.01. The Morgan fingerprint density at radius 3 is 2.56 bits per heavy atom. The lowest BCUT2D eigenvalue weighted by molar-refractivity contribution is -0.116. The van der Waals surface area contributed by atoms with E-state index in [4.69, 9.17) is 0 Å². The number of para-hydroxylation sites is 1. The topological polar surface area (TPSA) is 63.5 Å². The highest BCUT2D eigenvalue weighted by molar-refractivity contribution is 5.98. The van der Waals surface area contributed by atoms with E-state index in [9.17, 15) is 9.59 Å². The van der Waals surface area contributed by atoms with Gasteiger partial charge in [-0.3, -0.25) is 19.1 Å². The minimum atomic E-state index is -0.124. The molecule has 0 saturated heterocycles. The summed E-state index contributed by atoms with van der Waals surface area (Å²) in [4.78, 5) is 28.7. The fourth-order valence-corrected chi connectivity index (χ4v) is 3.72. The van der Waals surface area contributed by atoms with Gasteiger partial charge in [0, 0.05) is 30.6 Å². The lowest BCUT2D eigenvalue weighted by Crippen LogP contribution is -2.22. The Labute approximate surface area is 201 Å². The second-order valence-electron chi connectivity index (χ2n) is 8.05. The molecular formula is C29H31N3O2. The standard InChI is InChI=1S/C29H31N3O2/c1-23(12-11-20-30-2)18-19-28(33)31-21-10-4-7-17-29(34)32-26-16-9-8-15-25(26)22-27(32)24-13-5-3-6-14-24/h3,5-6,8-9,11-16,18-20,22H,2,4,7,10,17,21H2,1H3,(H,31,33)/b19-18+,20-11-,23-12+. The Kier molecular flexibility index (Phi) is 9.35. The molecule has 0 saturated carbocycles. The molecule has 0 bridgehead atoms. The van der Waals surface area contributed by atoms with Crippen molar-refractivity contribution in [1.29, 1.82) is 0 Å². The van der Waals surface area contributed by atoms with Crippen molar-refractivity contribution >= 4 is 29.4 Å². The molecule has 0 aliphatic rings. The number of nitrogens with zero attached hydrogens (tertiary/aromatic N) is 2. The zero-order chi connectivity index (χ0) is 24.2. The summed E-state index contributed by atoms with van der Waals surface area (Å²) in [6.07, 6.45) is 11.4. The predicted octanol–water partition coefficient (Wildman–Crippen LogP) is 6.34. The lowest BCUT2D eigenvalue weighted by Gasteiger charge is -2.10. The highest BCUT2D eigenvalue weighted by Crippen LogP contribution is 2.28. The summed E-state index contributed by atoms with van der Waals surface area (Å²) in [6.45, 7) is 5.86. The van der Waals surface area contributed by atoms with E-state index in [0.29, 0.717) is 13.0 Å². The number of carbonyl (C=O) groups excluding carboxylic acids is 2. The third-order valence-corrected chi connectivity index (χ3v) is 5.44. The van der Waals surface area contributed by atoms with Gasteiger partial charge in [0.2, 0.25) is 11.8 Å². The highest BCUT2D eigenvalue weighted by Gasteiger charge is 2.15. The summed E-state index contributed by atoms with van der Waals surface area (Å²) >= 11 is 0. The van der Waals surface area contributed by atoms with Gasteiger partial charge >= 0.3 is 0 Å². The first-order chi connectivity index (χ1) is 16.6. The Hall–Kier alpha value is -3.99. The van der Waals surface area contributed by atoms with Crippen LogP contribution in [0.4, 0.5) is 0 Å². The average molecular weight is 454 g/mol. The average Bonchev–Trinajstić information content (AvgIpc) is 3.25. The van der Waals surface area contributed by atoms with Gasteiger partial charge in [-0.1, -0.05) is 72.7 Å². The van der Waals surface area contributed by atoms with E-state index in [1.807, 2.05) is 72.2 Å². The van der Waals surface area contributed by atoms with Crippen LogP contribution in [0.1, 0.15) is 37.4 Å². The van der Waals surface area contributed by atoms with Crippen molar-refractivity contribution in [2.75, 3.05) is 6.54 Å². The van der Waals surface area contributed by atoms with Crippen molar-refractivity contribution in [2.24, 2.45) is 4.99 Å². The third-order valence-electron chi connectivity index (χ3n) is 5.44. The zero-order valence-corrected chi connectivity index (χ0v) is 19.6. The molecule has 3 aromatic rings. The number of unbranched alkanes of at least 4 members (excludes halogenated alkanes) is 2. The van der Waals surface area contributed by atoms with Crippen LogP contribution in [0.15, 0.2) is 102 Å². The van der Waals surface area contributed by atoms with Gasteiger partial charge in [0.05, 0.1) is 11.2 Å². The number of hydrogen-bond donors (Lipinski definition) is 1. The molecule has 5 heteroatoms. The lowest BCUT2D eigenvalue weighted by atomic mass is 10.1. The van der Waals surface area contributed by atoms with Gasteiger partial charge in [0.25, 0.3) is 0 Å². The van der Waals surface area contributed by atoms with Crippen molar-refractivity contribution in [3.63, 3.8) is 0 Å². The van der Waals surface area contributed by atoms with Crippen molar-refractivity contribution in [3.05, 3.63) is 96.7 Å². The minimum absolute atomic E-state index is 0.0926. The largest absolute Gasteiger partial charge is 0.353 e. The summed E-state index contributed by atoms with van der Waals surface area (Å²) in [5.74, 6) is -0.0315. The number of fused-ring (bicyclic) bond motifs is 1. The van der Waals surface area contributed by atoms with Gasteiger partial charge in [0.1, 0.15) is 0 Å². The number of rotatable bonds is 11. The molecule has 5 nitrogen and oxygen atoms in total. The summed E-state index contributed by atoms with van der Waals surface area (Å²) in [7, 11) is 0. The minimum Gasteiger partial charge on any atom is -0.353 e. The first-order valence-electron chi connectivity index (χ1n) is 11.5. The number of benzene rings is 2. The maximum Gasteiger partial charge on any atom is 0.243 e. The first-order valence-corrected chi connectivity index (χ1v) is 11.5. The van der Waals surface area contributed by atoms with Crippen LogP contribution < -0.4 is 5.32 Å². The van der Waals surface area contributed by atoms with Crippen LogP contribution in [-0.2, 0) is 4.79 Å². The smallest absolute Gasteiger partial charge is 0.243 e. The van der Waals surface area contributed by atoms with Crippen molar-refractivity contribution in [2.45, 2.75) is 32.6 Å².